The van der Waals surface area contributed by atoms with Crippen LogP contribution >= 0.6 is 23.2 Å². The molecule has 0 aliphatic carbocycles. The van der Waals surface area contributed by atoms with Crippen LogP contribution in [0.3, 0.4) is 0 Å². The summed E-state index contributed by atoms with van der Waals surface area (Å²) in [6, 6.07) is 8.47. The van der Waals surface area contributed by atoms with E-state index in [0.29, 0.717) is 27.2 Å². The van der Waals surface area contributed by atoms with E-state index in [1.165, 1.54) is 6.20 Å². The predicted octanol–water partition coefficient (Wildman–Crippen LogP) is 3.89. The summed E-state index contributed by atoms with van der Waals surface area (Å²) in [5.41, 5.74) is 1.03. The Balaban J connectivity index is 2.15. The molecule has 0 radical (unpaired) electrons. The smallest absolute Gasteiger partial charge is 0.232 e. The van der Waals surface area contributed by atoms with Crippen molar-refractivity contribution in [1.29, 1.82) is 0 Å². The summed E-state index contributed by atoms with van der Waals surface area (Å²) in [7, 11) is -3.31. The molecule has 0 atom stereocenters. The summed E-state index contributed by atoms with van der Waals surface area (Å²) < 4.78 is 25.3. The lowest BCUT2D eigenvalue weighted by molar-refractivity contribution is 0.602. The van der Waals surface area contributed by atoms with E-state index < -0.39 is 10.0 Å². The fourth-order valence-corrected chi connectivity index (χ4v) is 2.49. The molecule has 0 amide bonds. The van der Waals surface area contributed by atoms with Crippen LogP contribution in [0.25, 0.3) is 0 Å². The average molecular weight is 346 g/mol. The van der Waals surface area contributed by atoms with Crippen molar-refractivity contribution in [2.45, 2.75) is 6.92 Å². The number of halogens is 2. The highest BCUT2D eigenvalue weighted by Crippen LogP contribution is 2.31. The van der Waals surface area contributed by atoms with E-state index in [1.807, 2.05) is 0 Å². The molecule has 8 heteroatoms. The molecule has 1 heterocycles. The fraction of sp³-hybridized carbons (Fsp3) is 0.154. The average Bonchev–Trinajstić information content (AvgIpc) is 2.46. The zero-order chi connectivity index (χ0) is 15.5. The molecular formula is C13H13Cl2N3O2S. The van der Waals surface area contributed by atoms with Crippen LogP contribution in [0, 0.1) is 0 Å². The van der Waals surface area contributed by atoms with Crippen LogP contribution in [-0.2, 0) is 10.0 Å². The molecule has 1 aromatic carbocycles. The molecule has 1 aromatic heterocycles. The Labute approximate surface area is 133 Å². The van der Waals surface area contributed by atoms with Crippen molar-refractivity contribution in [1.82, 2.24) is 4.98 Å². The molecule has 2 rings (SSSR count). The molecule has 2 aromatic rings. The molecule has 0 unspecified atom stereocenters. The van der Waals surface area contributed by atoms with Gasteiger partial charge in [-0.05, 0) is 31.2 Å². The third kappa shape index (κ3) is 4.23. The summed E-state index contributed by atoms with van der Waals surface area (Å²) in [4.78, 5) is 4.12. The van der Waals surface area contributed by atoms with E-state index in [0.717, 1.165) is 0 Å². The van der Waals surface area contributed by atoms with Gasteiger partial charge < -0.3 is 5.32 Å². The first-order valence-electron chi connectivity index (χ1n) is 6.09. The molecule has 0 bridgehead atoms. The molecule has 0 saturated carbocycles. The molecule has 0 fully saturated rings. The maximum Gasteiger partial charge on any atom is 0.232 e. The van der Waals surface area contributed by atoms with Crippen molar-refractivity contribution in [2.75, 3.05) is 15.8 Å². The zero-order valence-corrected chi connectivity index (χ0v) is 13.4. The van der Waals surface area contributed by atoms with Crippen molar-refractivity contribution < 1.29 is 8.42 Å². The summed E-state index contributed by atoms with van der Waals surface area (Å²) in [5.74, 6) is 0.532. The second-order valence-electron chi connectivity index (χ2n) is 4.16. The van der Waals surface area contributed by atoms with Crippen molar-refractivity contribution in [3.05, 3.63) is 46.6 Å². The summed E-state index contributed by atoms with van der Waals surface area (Å²) >= 11 is 12.0. The van der Waals surface area contributed by atoms with Gasteiger partial charge in [-0.2, -0.15) is 0 Å². The molecule has 21 heavy (non-hydrogen) atoms. The SMILES string of the molecule is CCS(=O)(=O)Nc1ccc(Nc2cccc(Cl)c2Cl)nc1. The Hall–Kier alpha value is -1.50. The Bertz CT molecular complexity index is 734. The highest BCUT2D eigenvalue weighted by atomic mass is 35.5. The van der Waals surface area contributed by atoms with E-state index >= 15 is 0 Å². The molecular weight excluding hydrogens is 333 g/mol. The second kappa shape index (κ2) is 6.51. The number of benzene rings is 1. The number of hydrogen-bond acceptors (Lipinski definition) is 4. The maximum atomic E-state index is 11.4. The van der Waals surface area contributed by atoms with Gasteiger partial charge in [0.25, 0.3) is 0 Å². The summed E-state index contributed by atoms with van der Waals surface area (Å²) in [6.45, 7) is 1.56. The number of nitrogens with zero attached hydrogens (tertiary/aromatic N) is 1. The Morgan fingerprint density at radius 2 is 1.95 bits per heavy atom. The number of hydrogen-bond donors (Lipinski definition) is 2. The molecule has 0 spiro atoms. The lowest BCUT2D eigenvalue weighted by Crippen LogP contribution is -2.14. The second-order valence-corrected chi connectivity index (χ2v) is 6.96. The van der Waals surface area contributed by atoms with Crippen LogP contribution in [0.1, 0.15) is 6.92 Å². The number of sulfonamides is 1. The van der Waals surface area contributed by atoms with Crippen molar-refractivity contribution in [3.8, 4) is 0 Å². The highest BCUT2D eigenvalue weighted by molar-refractivity contribution is 7.92. The van der Waals surface area contributed by atoms with Gasteiger partial charge >= 0.3 is 0 Å². The van der Waals surface area contributed by atoms with Crippen LogP contribution in [0.2, 0.25) is 10.0 Å². The van der Waals surface area contributed by atoms with E-state index in [-0.39, 0.29) is 5.75 Å². The first-order chi connectivity index (χ1) is 9.91. The Morgan fingerprint density at radius 1 is 1.19 bits per heavy atom. The molecule has 0 aliphatic heterocycles. The van der Waals surface area contributed by atoms with Gasteiger partial charge in [-0.15, -0.1) is 0 Å². The third-order valence-electron chi connectivity index (χ3n) is 2.63. The lowest BCUT2D eigenvalue weighted by atomic mass is 10.3. The van der Waals surface area contributed by atoms with E-state index in [1.54, 1.807) is 37.3 Å². The van der Waals surface area contributed by atoms with Gasteiger partial charge in [0.05, 0.1) is 33.4 Å². The van der Waals surface area contributed by atoms with Gasteiger partial charge in [-0.1, -0.05) is 29.3 Å². The molecule has 0 saturated heterocycles. The highest BCUT2D eigenvalue weighted by Gasteiger charge is 2.08. The van der Waals surface area contributed by atoms with Gasteiger partial charge in [0.15, 0.2) is 0 Å². The van der Waals surface area contributed by atoms with Crippen LogP contribution in [-0.4, -0.2) is 19.2 Å². The quantitative estimate of drug-likeness (QED) is 0.862. The lowest BCUT2D eigenvalue weighted by Gasteiger charge is -2.10. The van der Waals surface area contributed by atoms with Crippen molar-refractivity contribution in [2.24, 2.45) is 0 Å². The fourth-order valence-electron chi connectivity index (χ4n) is 1.52. The Kier molecular flexibility index (Phi) is 4.92. The van der Waals surface area contributed by atoms with Gasteiger partial charge in [0.2, 0.25) is 10.0 Å². The topological polar surface area (TPSA) is 71.1 Å². The largest absolute Gasteiger partial charge is 0.339 e. The van der Waals surface area contributed by atoms with Crippen LogP contribution in [0.5, 0.6) is 0 Å². The normalized spacial score (nSPS) is 11.2. The minimum absolute atomic E-state index is 0.00508. The monoisotopic (exact) mass is 345 g/mol. The minimum Gasteiger partial charge on any atom is -0.339 e. The predicted molar refractivity (Wildman–Crippen MR) is 87.1 cm³/mol. The van der Waals surface area contributed by atoms with Gasteiger partial charge in [-0.3, -0.25) is 4.72 Å². The van der Waals surface area contributed by atoms with Crippen LogP contribution in [0.15, 0.2) is 36.5 Å². The van der Waals surface area contributed by atoms with Gasteiger partial charge in [0.1, 0.15) is 5.82 Å². The van der Waals surface area contributed by atoms with Gasteiger partial charge in [-0.25, -0.2) is 13.4 Å². The van der Waals surface area contributed by atoms with Crippen molar-refractivity contribution >= 4 is 50.4 Å². The number of anilines is 3. The van der Waals surface area contributed by atoms with Crippen LogP contribution < -0.4 is 10.0 Å². The standard InChI is InChI=1S/C13H13Cl2N3O2S/c1-2-21(19,20)18-9-6-7-12(16-8-9)17-11-5-3-4-10(14)13(11)15/h3-8,18H,2H2,1H3,(H,16,17). The molecule has 5 nitrogen and oxygen atoms in total. The first-order valence-corrected chi connectivity index (χ1v) is 8.49. The molecule has 2 N–H and O–H groups in total. The number of aromatic nitrogens is 1. The summed E-state index contributed by atoms with van der Waals surface area (Å²) in [5, 5.41) is 3.85. The maximum absolute atomic E-state index is 11.4. The van der Waals surface area contributed by atoms with E-state index in [9.17, 15) is 8.42 Å². The van der Waals surface area contributed by atoms with Crippen molar-refractivity contribution in [3.63, 3.8) is 0 Å². The summed E-state index contributed by atoms with van der Waals surface area (Å²) in [6.07, 6.45) is 1.42. The number of nitrogens with one attached hydrogen (secondary N) is 2. The zero-order valence-electron chi connectivity index (χ0n) is 11.1. The van der Waals surface area contributed by atoms with Gasteiger partial charge in [0, 0.05) is 0 Å². The number of rotatable bonds is 5. The van der Waals surface area contributed by atoms with E-state index in [2.05, 4.69) is 15.0 Å². The third-order valence-corrected chi connectivity index (χ3v) is 4.76. The Morgan fingerprint density at radius 3 is 2.57 bits per heavy atom. The molecule has 112 valence electrons. The molecule has 0 aliphatic rings. The van der Waals surface area contributed by atoms with E-state index in [4.69, 9.17) is 23.2 Å². The first kappa shape index (κ1) is 15.9. The minimum atomic E-state index is -3.31. The van der Waals surface area contributed by atoms with Crippen LogP contribution in [0.4, 0.5) is 17.2 Å². The number of pyridine rings is 1.